The van der Waals surface area contributed by atoms with E-state index in [-0.39, 0.29) is 11.8 Å². The Labute approximate surface area is 195 Å². The fraction of sp³-hybridized carbons (Fsp3) is 0.154. The summed E-state index contributed by atoms with van der Waals surface area (Å²) in [6.45, 7) is 0. The van der Waals surface area contributed by atoms with Gasteiger partial charge in [-0.15, -0.1) is 0 Å². The van der Waals surface area contributed by atoms with Crippen LogP contribution in [0.4, 0.5) is 15.8 Å². The zero-order valence-electron chi connectivity index (χ0n) is 18.9. The number of carbonyl (C=O) groups excluding carboxylic acids is 2. The number of halogens is 1. The average Bonchev–Trinajstić information content (AvgIpc) is 3.35. The lowest BCUT2D eigenvalue weighted by Gasteiger charge is -2.15. The van der Waals surface area contributed by atoms with E-state index < -0.39 is 11.7 Å². The Morgan fingerprint density at radius 3 is 2.53 bits per heavy atom. The summed E-state index contributed by atoms with van der Waals surface area (Å²) in [6.07, 6.45) is 1.73. The molecule has 8 heteroatoms. The molecule has 34 heavy (non-hydrogen) atoms. The second-order valence-corrected chi connectivity index (χ2v) is 8.46. The number of hydrogen-bond donors (Lipinski definition) is 1. The van der Waals surface area contributed by atoms with Crippen molar-refractivity contribution in [2.24, 2.45) is 12.0 Å². The monoisotopic (exact) mass is 455 g/mol. The van der Waals surface area contributed by atoms with Gasteiger partial charge in [0.25, 0.3) is 5.91 Å². The molecule has 1 atom stereocenters. The minimum Gasteiger partial charge on any atom is -0.345 e. The van der Waals surface area contributed by atoms with Crippen LogP contribution in [0.25, 0.3) is 11.0 Å². The number of hydrogen-bond acceptors (Lipinski definition) is 4. The molecule has 7 nitrogen and oxygen atoms in total. The van der Waals surface area contributed by atoms with Gasteiger partial charge >= 0.3 is 0 Å². The zero-order valence-corrected chi connectivity index (χ0v) is 18.9. The summed E-state index contributed by atoms with van der Waals surface area (Å²) in [5, 5.41) is 2.77. The maximum atomic E-state index is 13.8. The lowest BCUT2D eigenvalue weighted by Crippen LogP contribution is -2.22. The summed E-state index contributed by atoms with van der Waals surface area (Å²) < 4.78 is 15.7. The Morgan fingerprint density at radius 2 is 1.79 bits per heavy atom. The van der Waals surface area contributed by atoms with Crippen molar-refractivity contribution in [2.45, 2.75) is 5.92 Å². The summed E-state index contributed by atoms with van der Waals surface area (Å²) in [7, 11) is 5.30. The number of aryl methyl sites for hydroxylation is 1. The molecule has 0 saturated heterocycles. The maximum absolute atomic E-state index is 13.8. The van der Waals surface area contributed by atoms with Crippen molar-refractivity contribution < 1.29 is 14.0 Å². The van der Waals surface area contributed by atoms with E-state index in [4.69, 9.17) is 4.99 Å². The molecule has 0 saturated carbocycles. The van der Waals surface area contributed by atoms with Gasteiger partial charge in [-0.1, -0.05) is 12.1 Å². The minimum atomic E-state index is -0.722. The number of imidazole rings is 1. The molecule has 4 aromatic rings. The molecule has 0 aliphatic carbocycles. The van der Waals surface area contributed by atoms with Crippen molar-refractivity contribution in [3.8, 4) is 0 Å². The van der Waals surface area contributed by atoms with Crippen LogP contribution in [-0.4, -0.2) is 46.1 Å². The van der Waals surface area contributed by atoms with Crippen molar-refractivity contribution >= 4 is 39.9 Å². The van der Waals surface area contributed by atoms with Crippen molar-refractivity contribution in [1.82, 2.24) is 14.5 Å². The molecule has 170 valence electrons. The first kappa shape index (κ1) is 21.5. The van der Waals surface area contributed by atoms with Gasteiger partial charge in [0.2, 0.25) is 5.91 Å². The number of aliphatic imine (C=N–C) groups is 1. The molecular weight excluding hydrogens is 433 g/mol. The van der Waals surface area contributed by atoms with E-state index in [9.17, 15) is 14.0 Å². The van der Waals surface area contributed by atoms with Gasteiger partial charge in [0.05, 0.1) is 28.8 Å². The van der Waals surface area contributed by atoms with Gasteiger partial charge in [-0.05, 0) is 59.7 Å². The van der Waals surface area contributed by atoms with Crippen molar-refractivity contribution in [2.75, 3.05) is 19.4 Å². The molecule has 0 bridgehead atoms. The number of nitrogens with zero attached hydrogens (tertiary/aromatic N) is 4. The molecule has 1 unspecified atom stereocenters. The number of rotatable bonds is 4. The van der Waals surface area contributed by atoms with Crippen LogP contribution in [0.15, 0.2) is 72.0 Å². The predicted octanol–water partition coefficient (Wildman–Crippen LogP) is 4.27. The highest BCUT2D eigenvalue weighted by Gasteiger charge is 2.35. The Morgan fingerprint density at radius 1 is 1.06 bits per heavy atom. The third kappa shape index (κ3) is 3.73. The minimum absolute atomic E-state index is 0.109. The molecule has 5 rings (SSSR count). The number of carbonyl (C=O) groups is 2. The third-order valence-corrected chi connectivity index (χ3v) is 5.91. The molecule has 1 N–H and O–H groups in total. The van der Waals surface area contributed by atoms with Gasteiger partial charge in [0, 0.05) is 32.4 Å². The first-order valence-corrected chi connectivity index (χ1v) is 10.7. The maximum Gasteiger partial charge on any atom is 0.253 e. The largest absolute Gasteiger partial charge is 0.345 e. The van der Waals surface area contributed by atoms with Crippen LogP contribution in [0.1, 0.15) is 27.4 Å². The van der Waals surface area contributed by atoms with Gasteiger partial charge in [-0.2, -0.15) is 0 Å². The summed E-state index contributed by atoms with van der Waals surface area (Å²) in [6, 6.07) is 16.9. The van der Waals surface area contributed by atoms with Crippen LogP contribution in [0.5, 0.6) is 0 Å². The number of aromatic nitrogens is 2. The molecule has 2 heterocycles. The van der Waals surface area contributed by atoms with E-state index in [1.54, 1.807) is 50.8 Å². The van der Waals surface area contributed by atoms with E-state index in [1.807, 2.05) is 29.8 Å². The number of fused-ring (bicyclic) bond motifs is 2. The Bertz CT molecular complexity index is 1470. The van der Waals surface area contributed by atoms with E-state index in [0.29, 0.717) is 28.2 Å². The summed E-state index contributed by atoms with van der Waals surface area (Å²) in [4.78, 5) is 36.1. The highest BCUT2D eigenvalue weighted by Crippen LogP contribution is 2.37. The standard InChI is InChI=1S/C26H22FN5O2/c1-31(2)26(34)15-4-8-18(9-5-15)29-24(16-6-11-22-21(12-16)28-14-32(22)3)23-19-10-7-17(27)13-20(19)30-25(23)33/h4-14,23H,1-3H3,(H,30,33). The fourth-order valence-corrected chi connectivity index (χ4v) is 4.17. The molecule has 1 aliphatic rings. The highest BCUT2D eigenvalue weighted by molar-refractivity contribution is 6.24. The van der Waals surface area contributed by atoms with Crippen LogP contribution in [0.3, 0.4) is 0 Å². The van der Waals surface area contributed by atoms with E-state index in [2.05, 4.69) is 10.3 Å². The van der Waals surface area contributed by atoms with Gasteiger partial charge in [-0.25, -0.2) is 9.37 Å². The van der Waals surface area contributed by atoms with Crippen molar-refractivity contribution in [3.63, 3.8) is 0 Å². The Balaban J connectivity index is 1.64. The Kier molecular flexibility index (Phi) is 5.20. The third-order valence-electron chi connectivity index (χ3n) is 5.91. The van der Waals surface area contributed by atoms with E-state index >= 15 is 0 Å². The van der Waals surface area contributed by atoms with Gasteiger partial charge in [0.1, 0.15) is 11.7 Å². The van der Waals surface area contributed by atoms with Crippen molar-refractivity contribution in [1.29, 1.82) is 0 Å². The molecule has 0 radical (unpaired) electrons. The quantitative estimate of drug-likeness (QED) is 0.467. The van der Waals surface area contributed by atoms with Crippen molar-refractivity contribution in [3.05, 3.63) is 89.5 Å². The van der Waals surface area contributed by atoms with E-state index in [0.717, 1.165) is 16.6 Å². The lowest BCUT2D eigenvalue weighted by atomic mass is 9.90. The topological polar surface area (TPSA) is 79.6 Å². The second-order valence-electron chi connectivity index (χ2n) is 8.46. The fourth-order valence-electron chi connectivity index (χ4n) is 4.17. The summed E-state index contributed by atoms with van der Waals surface area (Å²) in [5.41, 5.74) is 5.21. The molecular formula is C26H22FN5O2. The smallest absolute Gasteiger partial charge is 0.253 e. The number of anilines is 1. The zero-order chi connectivity index (χ0) is 24.0. The molecule has 0 fully saturated rings. The van der Waals surface area contributed by atoms with Crippen LogP contribution >= 0.6 is 0 Å². The molecule has 2 amide bonds. The SMILES string of the molecule is CN(C)C(=O)c1ccc(N=C(c2ccc3c(c2)ncn3C)C2C(=O)Nc3cc(F)ccc32)cc1. The first-order chi connectivity index (χ1) is 16.3. The average molecular weight is 455 g/mol. The second kappa shape index (κ2) is 8.22. The highest BCUT2D eigenvalue weighted by atomic mass is 19.1. The summed E-state index contributed by atoms with van der Waals surface area (Å²) >= 11 is 0. The Hall–Kier alpha value is -4.33. The number of benzene rings is 3. The summed E-state index contributed by atoms with van der Waals surface area (Å²) in [5.74, 6) is -1.53. The molecule has 3 aromatic carbocycles. The number of amides is 2. The van der Waals surface area contributed by atoms with Gasteiger partial charge in [-0.3, -0.25) is 14.6 Å². The molecule has 1 aromatic heterocycles. The molecule has 0 spiro atoms. The van der Waals surface area contributed by atoms with E-state index in [1.165, 1.54) is 17.0 Å². The molecule has 1 aliphatic heterocycles. The van der Waals surface area contributed by atoms with Crippen LogP contribution in [-0.2, 0) is 11.8 Å². The van der Waals surface area contributed by atoms with Gasteiger partial charge < -0.3 is 14.8 Å². The first-order valence-electron chi connectivity index (χ1n) is 10.7. The predicted molar refractivity (Wildman–Crippen MR) is 129 cm³/mol. The van der Waals surface area contributed by atoms with Crippen LogP contribution in [0.2, 0.25) is 0 Å². The normalized spacial score (nSPS) is 15.4. The van der Waals surface area contributed by atoms with Gasteiger partial charge in [0.15, 0.2) is 0 Å². The number of nitrogens with one attached hydrogen (secondary N) is 1. The van der Waals surface area contributed by atoms with Crippen LogP contribution in [0, 0.1) is 5.82 Å². The lowest BCUT2D eigenvalue weighted by molar-refractivity contribution is -0.115. The van der Waals surface area contributed by atoms with Crippen LogP contribution < -0.4 is 5.32 Å².